The molecule has 0 aliphatic rings. The van der Waals surface area contributed by atoms with E-state index in [1.165, 1.54) is 0 Å². The standard InChI is InChI=1S/C9H16N4O/c1-7(10-2)6-9(14)12-8-4-5-11-13(8)3/h4-5,7,10H,6H2,1-3H3,(H,12,14). The first-order valence-electron chi connectivity index (χ1n) is 4.58. The van der Waals surface area contributed by atoms with Crippen molar-refractivity contribution in [3.8, 4) is 0 Å². The van der Waals surface area contributed by atoms with E-state index < -0.39 is 0 Å². The van der Waals surface area contributed by atoms with Crippen LogP contribution in [0.1, 0.15) is 13.3 Å². The van der Waals surface area contributed by atoms with Crippen LogP contribution in [-0.4, -0.2) is 28.8 Å². The molecule has 0 fully saturated rings. The molecule has 0 spiro atoms. The van der Waals surface area contributed by atoms with Crippen molar-refractivity contribution >= 4 is 11.7 Å². The van der Waals surface area contributed by atoms with Gasteiger partial charge in [0.2, 0.25) is 5.91 Å². The van der Waals surface area contributed by atoms with Crippen molar-refractivity contribution in [2.75, 3.05) is 12.4 Å². The minimum atomic E-state index is -0.00421. The van der Waals surface area contributed by atoms with Gasteiger partial charge in [0.25, 0.3) is 0 Å². The number of carbonyl (C=O) groups excluding carboxylic acids is 1. The number of aromatic nitrogens is 2. The van der Waals surface area contributed by atoms with Crippen molar-refractivity contribution in [2.24, 2.45) is 7.05 Å². The second kappa shape index (κ2) is 4.76. The lowest BCUT2D eigenvalue weighted by Gasteiger charge is -2.10. The van der Waals surface area contributed by atoms with Gasteiger partial charge in [0.05, 0.1) is 6.20 Å². The smallest absolute Gasteiger partial charge is 0.227 e. The average molecular weight is 196 g/mol. The molecule has 0 radical (unpaired) electrons. The van der Waals surface area contributed by atoms with Crippen LogP contribution < -0.4 is 10.6 Å². The molecule has 1 amide bonds. The molecule has 1 unspecified atom stereocenters. The van der Waals surface area contributed by atoms with Crippen LogP contribution >= 0.6 is 0 Å². The fourth-order valence-electron chi connectivity index (χ4n) is 1.07. The molecular formula is C9H16N4O. The highest BCUT2D eigenvalue weighted by Crippen LogP contribution is 2.04. The molecule has 0 bridgehead atoms. The van der Waals surface area contributed by atoms with Crippen molar-refractivity contribution in [3.05, 3.63) is 12.3 Å². The summed E-state index contributed by atoms with van der Waals surface area (Å²) in [5.41, 5.74) is 0. The van der Waals surface area contributed by atoms with Crippen molar-refractivity contribution < 1.29 is 4.79 Å². The fourth-order valence-corrected chi connectivity index (χ4v) is 1.07. The average Bonchev–Trinajstić information content (AvgIpc) is 2.51. The fraction of sp³-hybridized carbons (Fsp3) is 0.556. The first kappa shape index (κ1) is 10.7. The first-order valence-corrected chi connectivity index (χ1v) is 4.58. The Balaban J connectivity index is 2.45. The number of carbonyl (C=O) groups is 1. The van der Waals surface area contributed by atoms with Gasteiger partial charge in [0.15, 0.2) is 0 Å². The Morgan fingerprint density at radius 1 is 1.71 bits per heavy atom. The topological polar surface area (TPSA) is 59.0 Å². The van der Waals surface area contributed by atoms with Crippen LogP contribution in [0, 0.1) is 0 Å². The van der Waals surface area contributed by atoms with E-state index in [4.69, 9.17) is 0 Å². The van der Waals surface area contributed by atoms with Crippen LogP contribution in [-0.2, 0) is 11.8 Å². The Morgan fingerprint density at radius 2 is 2.43 bits per heavy atom. The second-order valence-electron chi connectivity index (χ2n) is 3.28. The number of hydrogen-bond acceptors (Lipinski definition) is 3. The van der Waals surface area contributed by atoms with E-state index in [-0.39, 0.29) is 11.9 Å². The molecule has 5 nitrogen and oxygen atoms in total. The number of amides is 1. The SMILES string of the molecule is CNC(C)CC(=O)Nc1ccnn1C. The van der Waals surface area contributed by atoms with Crippen LogP contribution in [0.25, 0.3) is 0 Å². The van der Waals surface area contributed by atoms with Gasteiger partial charge in [-0.15, -0.1) is 0 Å². The quantitative estimate of drug-likeness (QED) is 0.731. The molecule has 2 N–H and O–H groups in total. The molecule has 78 valence electrons. The number of aryl methyl sites for hydroxylation is 1. The molecule has 1 rings (SSSR count). The lowest BCUT2D eigenvalue weighted by atomic mass is 10.2. The van der Waals surface area contributed by atoms with Gasteiger partial charge in [-0.1, -0.05) is 0 Å². The van der Waals surface area contributed by atoms with E-state index in [1.54, 1.807) is 24.0 Å². The molecular weight excluding hydrogens is 180 g/mol. The molecule has 0 aliphatic heterocycles. The third-order valence-electron chi connectivity index (χ3n) is 2.07. The molecule has 1 aromatic rings. The number of nitrogens with zero attached hydrogens (tertiary/aromatic N) is 2. The molecule has 1 aromatic heterocycles. The Labute approximate surface area is 83.5 Å². The monoisotopic (exact) mass is 196 g/mol. The molecule has 0 aromatic carbocycles. The largest absolute Gasteiger partial charge is 0.317 e. The highest BCUT2D eigenvalue weighted by atomic mass is 16.1. The number of hydrogen-bond donors (Lipinski definition) is 2. The minimum Gasteiger partial charge on any atom is -0.317 e. The predicted molar refractivity (Wildman–Crippen MR) is 55.0 cm³/mol. The number of nitrogens with one attached hydrogen (secondary N) is 2. The van der Waals surface area contributed by atoms with Crippen LogP contribution in [0.15, 0.2) is 12.3 Å². The third-order valence-corrected chi connectivity index (χ3v) is 2.07. The molecule has 0 saturated heterocycles. The summed E-state index contributed by atoms with van der Waals surface area (Å²) in [5.74, 6) is 0.716. The predicted octanol–water partition coefficient (Wildman–Crippen LogP) is 0.357. The van der Waals surface area contributed by atoms with E-state index >= 15 is 0 Å². The van der Waals surface area contributed by atoms with Gasteiger partial charge in [-0.3, -0.25) is 9.48 Å². The maximum atomic E-state index is 11.4. The lowest BCUT2D eigenvalue weighted by Crippen LogP contribution is -2.27. The Kier molecular flexibility index (Phi) is 3.64. The molecule has 0 saturated carbocycles. The number of rotatable bonds is 4. The maximum absolute atomic E-state index is 11.4. The van der Waals surface area contributed by atoms with E-state index in [2.05, 4.69) is 15.7 Å². The Hall–Kier alpha value is -1.36. The van der Waals surface area contributed by atoms with Gasteiger partial charge >= 0.3 is 0 Å². The summed E-state index contributed by atoms with van der Waals surface area (Å²) in [6.45, 7) is 1.96. The second-order valence-corrected chi connectivity index (χ2v) is 3.28. The highest BCUT2D eigenvalue weighted by Gasteiger charge is 2.08. The van der Waals surface area contributed by atoms with Crippen LogP contribution in [0.4, 0.5) is 5.82 Å². The summed E-state index contributed by atoms with van der Waals surface area (Å²) < 4.78 is 1.63. The zero-order valence-corrected chi connectivity index (χ0v) is 8.74. The van der Waals surface area contributed by atoms with Gasteiger partial charge in [-0.25, -0.2) is 0 Å². The summed E-state index contributed by atoms with van der Waals surface area (Å²) >= 11 is 0. The Morgan fingerprint density at radius 3 is 2.93 bits per heavy atom. The summed E-state index contributed by atoms with van der Waals surface area (Å²) in [6.07, 6.45) is 2.11. The van der Waals surface area contributed by atoms with Gasteiger partial charge in [0.1, 0.15) is 5.82 Å². The molecule has 5 heteroatoms. The van der Waals surface area contributed by atoms with Gasteiger partial charge in [-0.2, -0.15) is 5.10 Å². The highest BCUT2D eigenvalue weighted by molar-refractivity contribution is 5.90. The maximum Gasteiger partial charge on any atom is 0.227 e. The first-order chi connectivity index (χ1) is 6.63. The van der Waals surface area contributed by atoms with Crippen LogP contribution in [0.3, 0.4) is 0 Å². The van der Waals surface area contributed by atoms with E-state index in [1.807, 2.05) is 14.0 Å². The van der Waals surface area contributed by atoms with Crippen LogP contribution in [0.2, 0.25) is 0 Å². The third kappa shape index (κ3) is 2.85. The van der Waals surface area contributed by atoms with Crippen LogP contribution in [0.5, 0.6) is 0 Å². The van der Waals surface area contributed by atoms with E-state index in [0.29, 0.717) is 6.42 Å². The van der Waals surface area contributed by atoms with Crippen molar-refractivity contribution in [1.82, 2.24) is 15.1 Å². The van der Waals surface area contributed by atoms with Crippen molar-refractivity contribution in [2.45, 2.75) is 19.4 Å². The van der Waals surface area contributed by atoms with Gasteiger partial charge in [0, 0.05) is 25.6 Å². The zero-order chi connectivity index (χ0) is 10.6. The molecule has 0 aliphatic carbocycles. The summed E-state index contributed by atoms with van der Waals surface area (Å²) in [4.78, 5) is 11.4. The molecule has 1 atom stereocenters. The number of anilines is 1. The Bertz CT molecular complexity index is 308. The van der Waals surface area contributed by atoms with Crippen molar-refractivity contribution in [3.63, 3.8) is 0 Å². The minimum absolute atomic E-state index is 0.00421. The molecule has 1 heterocycles. The van der Waals surface area contributed by atoms with Gasteiger partial charge in [-0.05, 0) is 14.0 Å². The lowest BCUT2D eigenvalue weighted by molar-refractivity contribution is -0.116. The van der Waals surface area contributed by atoms with Crippen molar-refractivity contribution in [1.29, 1.82) is 0 Å². The summed E-state index contributed by atoms with van der Waals surface area (Å²) in [5, 5.41) is 9.74. The normalized spacial score (nSPS) is 12.5. The van der Waals surface area contributed by atoms with Gasteiger partial charge < -0.3 is 10.6 Å². The summed E-state index contributed by atoms with van der Waals surface area (Å²) in [6, 6.07) is 1.95. The zero-order valence-electron chi connectivity index (χ0n) is 8.74. The van der Waals surface area contributed by atoms with E-state index in [9.17, 15) is 4.79 Å². The summed E-state index contributed by atoms with van der Waals surface area (Å²) in [7, 11) is 3.62. The van der Waals surface area contributed by atoms with E-state index in [0.717, 1.165) is 5.82 Å². The molecule has 14 heavy (non-hydrogen) atoms.